The Morgan fingerprint density at radius 2 is 2.10 bits per heavy atom. The lowest BCUT2D eigenvalue weighted by Crippen LogP contribution is -2.05. The molecule has 1 saturated carbocycles. The van der Waals surface area contributed by atoms with E-state index < -0.39 is 0 Å². The molecule has 2 atom stereocenters. The van der Waals surface area contributed by atoms with Gasteiger partial charge in [-0.3, -0.25) is 0 Å². The molecule has 0 aromatic carbocycles. The molecule has 10 heavy (non-hydrogen) atoms. The van der Waals surface area contributed by atoms with Gasteiger partial charge in [0, 0.05) is 0 Å². The van der Waals surface area contributed by atoms with Crippen LogP contribution >= 0.6 is 11.8 Å². The minimum atomic E-state index is 0.718. The fraction of sp³-hybridized carbons (Fsp3) is 1.00. The first kappa shape index (κ1) is 7.02. The Hall–Kier alpha value is 0.350. The van der Waals surface area contributed by atoms with Crippen LogP contribution in [0.4, 0.5) is 0 Å². The molecule has 1 aliphatic heterocycles. The van der Waals surface area contributed by atoms with Crippen LogP contribution in [-0.4, -0.2) is 11.5 Å². The van der Waals surface area contributed by atoms with Gasteiger partial charge in [-0.1, -0.05) is 13.8 Å². The maximum Gasteiger partial charge on any atom is -0.00360 e. The van der Waals surface area contributed by atoms with Crippen LogP contribution in [0.5, 0.6) is 0 Å². The fourth-order valence-electron chi connectivity index (χ4n) is 2.18. The van der Waals surface area contributed by atoms with Crippen LogP contribution in [0.2, 0.25) is 0 Å². The largest absolute Gasteiger partial charge is 0.162 e. The monoisotopic (exact) mass is 156 g/mol. The Kier molecular flexibility index (Phi) is 1.52. The third kappa shape index (κ3) is 1.09. The summed E-state index contributed by atoms with van der Waals surface area (Å²) < 4.78 is 0. The van der Waals surface area contributed by atoms with Gasteiger partial charge in [-0.05, 0) is 41.6 Å². The minimum absolute atomic E-state index is 0.718. The maximum atomic E-state index is 2.42. The van der Waals surface area contributed by atoms with Crippen molar-refractivity contribution in [2.24, 2.45) is 17.3 Å². The van der Waals surface area contributed by atoms with Crippen molar-refractivity contribution in [2.45, 2.75) is 26.7 Å². The lowest BCUT2D eigenvalue weighted by Gasteiger charge is -2.08. The van der Waals surface area contributed by atoms with E-state index in [0.29, 0.717) is 0 Å². The molecule has 0 N–H and O–H groups in total. The summed E-state index contributed by atoms with van der Waals surface area (Å²) in [5, 5.41) is 0. The standard InChI is InChI=1S/C9H16S/c1-9(2)5-8(9)7-3-4-10-6-7/h7-8H,3-6H2,1-2H3. The Bertz CT molecular complexity index is 131. The Morgan fingerprint density at radius 3 is 2.50 bits per heavy atom. The highest BCUT2D eigenvalue weighted by molar-refractivity contribution is 7.99. The van der Waals surface area contributed by atoms with Gasteiger partial charge in [0.2, 0.25) is 0 Å². The normalized spacial score (nSPS) is 43.8. The zero-order valence-corrected chi connectivity index (χ0v) is 7.71. The van der Waals surface area contributed by atoms with Gasteiger partial charge in [0.1, 0.15) is 0 Å². The molecular formula is C9H16S. The van der Waals surface area contributed by atoms with E-state index in [1.165, 1.54) is 24.3 Å². The summed E-state index contributed by atoms with van der Waals surface area (Å²) in [5.41, 5.74) is 0.718. The van der Waals surface area contributed by atoms with Crippen LogP contribution < -0.4 is 0 Å². The molecule has 2 fully saturated rings. The molecule has 1 heterocycles. The average molecular weight is 156 g/mol. The number of rotatable bonds is 1. The predicted molar refractivity (Wildman–Crippen MR) is 47.3 cm³/mol. The van der Waals surface area contributed by atoms with Crippen LogP contribution in [0.15, 0.2) is 0 Å². The van der Waals surface area contributed by atoms with Crippen LogP contribution in [0, 0.1) is 17.3 Å². The highest BCUT2D eigenvalue weighted by atomic mass is 32.2. The fourth-order valence-corrected chi connectivity index (χ4v) is 3.52. The van der Waals surface area contributed by atoms with Crippen molar-refractivity contribution < 1.29 is 0 Å². The van der Waals surface area contributed by atoms with Gasteiger partial charge in [0.25, 0.3) is 0 Å². The van der Waals surface area contributed by atoms with Crippen molar-refractivity contribution in [3.63, 3.8) is 0 Å². The van der Waals surface area contributed by atoms with Crippen molar-refractivity contribution in [2.75, 3.05) is 11.5 Å². The van der Waals surface area contributed by atoms with Gasteiger partial charge in [-0.2, -0.15) is 11.8 Å². The summed E-state index contributed by atoms with van der Waals surface area (Å²) in [6, 6.07) is 0. The first-order valence-corrected chi connectivity index (χ1v) is 5.43. The molecule has 58 valence electrons. The predicted octanol–water partition coefficient (Wildman–Crippen LogP) is 2.79. The first-order chi connectivity index (χ1) is 4.70. The molecule has 0 radical (unpaired) electrons. The molecule has 0 spiro atoms. The van der Waals surface area contributed by atoms with Gasteiger partial charge in [-0.25, -0.2) is 0 Å². The van der Waals surface area contributed by atoms with Gasteiger partial charge >= 0.3 is 0 Å². The average Bonchev–Trinajstić information content (AvgIpc) is 2.31. The number of hydrogen-bond acceptors (Lipinski definition) is 1. The molecule has 1 aliphatic carbocycles. The van der Waals surface area contributed by atoms with Crippen molar-refractivity contribution >= 4 is 11.8 Å². The molecular weight excluding hydrogens is 140 g/mol. The Labute approximate surface area is 67.8 Å². The van der Waals surface area contributed by atoms with E-state index in [1.54, 1.807) is 0 Å². The minimum Gasteiger partial charge on any atom is -0.162 e. The molecule has 2 unspecified atom stereocenters. The smallest absolute Gasteiger partial charge is 0.00360 e. The van der Waals surface area contributed by atoms with Crippen molar-refractivity contribution in [1.29, 1.82) is 0 Å². The van der Waals surface area contributed by atoms with Crippen molar-refractivity contribution in [3.05, 3.63) is 0 Å². The maximum absolute atomic E-state index is 2.42. The van der Waals surface area contributed by atoms with Crippen LogP contribution in [0.1, 0.15) is 26.7 Å². The zero-order valence-electron chi connectivity index (χ0n) is 6.89. The third-order valence-electron chi connectivity index (χ3n) is 3.12. The van der Waals surface area contributed by atoms with E-state index in [-0.39, 0.29) is 0 Å². The molecule has 1 saturated heterocycles. The quantitative estimate of drug-likeness (QED) is 0.562. The van der Waals surface area contributed by atoms with Gasteiger partial charge in [0.05, 0.1) is 0 Å². The first-order valence-electron chi connectivity index (χ1n) is 4.28. The van der Waals surface area contributed by atoms with E-state index in [0.717, 1.165) is 17.3 Å². The summed E-state index contributed by atoms with van der Waals surface area (Å²) in [7, 11) is 0. The van der Waals surface area contributed by atoms with Gasteiger partial charge < -0.3 is 0 Å². The molecule has 0 aromatic heterocycles. The van der Waals surface area contributed by atoms with E-state index in [1.807, 2.05) is 0 Å². The summed E-state index contributed by atoms with van der Waals surface area (Å²) in [6.45, 7) is 4.83. The summed E-state index contributed by atoms with van der Waals surface area (Å²) >= 11 is 2.15. The molecule has 0 bridgehead atoms. The summed E-state index contributed by atoms with van der Waals surface area (Å²) in [4.78, 5) is 0. The third-order valence-corrected chi connectivity index (χ3v) is 4.31. The molecule has 0 amide bonds. The summed E-state index contributed by atoms with van der Waals surface area (Å²) in [6.07, 6.45) is 3.00. The second-order valence-electron chi connectivity index (χ2n) is 4.42. The van der Waals surface area contributed by atoms with E-state index in [4.69, 9.17) is 0 Å². The SMILES string of the molecule is CC1(C)CC1C1CCSC1. The van der Waals surface area contributed by atoms with Crippen LogP contribution in [0.25, 0.3) is 0 Å². The lowest BCUT2D eigenvalue weighted by atomic mass is 9.97. The topological polar surface area (TPSA) is 0 Å². The van der Waals surface area contributed by atoms with Crippen LogP contribution in [0.3, 0.4) is 0 Å². The molecule has 2 rings (SSSR count). The van der Waals surface area contributed by atoms with E-state index in [2.05, 4.69) is 25.6 Å². The van der Waals surface area contributed by atoms with Gasteiger partial charge in [-0.15, -0.1) is 0 Å². The van der Waals surface area contributed by atoms with Crippen LogP contribution in [-0.2, 0) is 0 Å². The zero-order chi connectivity index (χ0) is 7.19. The highest BCUT2D eigenvalue weighted by Gasteiger charge is 2.50. The second kappa shape index (κ2) is 2.17. The second-order valence-corrected chi connectivity index (χ2v) is 5.57. The van der Waals surface area contributed by atoms with E-state index in [9.17, 15) is 0 Å². The summed E-state index contributed by atoms with van der Waals surface area (Å²) in [5.74, 6) is 5.05. The van der Waals surface area contributed by atoms with Gasteiger partial charge in [0.15, 0.2) is 0 Å². The Morgan fingerprint density at radius 1 is 1.40 bits per heavy atom. The van der Waals surface area contributed by atoms with Crippen molar-refractivity contribution in [3.8, 4) is 0 Å². The lowest BCUT2D eigenvalue weighted by molar-refractivity contribution is 0.430. The number of thioether (sulfide) groups is 1. The molecule has 2 aliphatic rings. The Balaban J connectivity index is 1.90. The van der Waals surface area contributed by atoms with E-state index >= 15 is 0 Å². The van der Waals surface area contributed by atoms with Crippen molar-refractivity contribution in [1.82, 2.24) is 0 Å². The highest BCUT2D eigenvalue weighted by Crippen LogP contribution is 2.58. The molecule has 0 nitrogen and oxygen atoms in total. The molecule has 1 heteroatoms. The molecule has 0 aromatic rings. The number of hydrogen-bond donors (Lipinski definition) is 0.